The molecule has 0 fully saturated rings. The molecule has 0 saturated carbocycles. The van der Waals surface area contributed by atoms with Crippen LogP contribution in [0.2, 0.25) is 5.02 Å². The SMILES string of the molecule is Cc1ccccc1C(Cc1c(Cl)c(C)nn1C)NN. The molecular weight excluding hydrogens is 260 g/mol. The number of nitrogens with two attached hydrogens (primary N) is 1. The number of aromatic nitrogens is 2. The van der Waals surface area contributed by atoms with Gasteiger partial charge in [-0.25, -0.2) is 0 Å². The third-order valence-corrected chi connectivity index (χ3v) is 3.92. The van der Waals surface area contributed by atoms with Crippen LogP contribution in [0, 0.1) is 13.8 Å². The average molecular weight is 279 g/mol. The van der Waals surface area contributed by atoms with E-state index in [2.05, 4.69) is 29.6 Å². The van der Waals surface area contributed by atoms with Crippen molar-refractivity contribution in [2.45, 2.75) is 26.3 Å². The molecule has 1 aromatic heterocycles. The zero-order valence-corrected chi connectivity index (χ0v) is 12.2. The van der Waals surface area contributed by atoms with Crippen LogP contribution in [0.25, 0.3) is 0 Å². The molecule has 1 atom stereocenters. The molecule has 1 unspecified atom stereocenters. The van der Waals surface area contributed by atoms with Crippen LogP contribution in [0.4, 0.5) is 0 Å². The van der Waals surface area contributed by atoms with Gasteiger partial charge >= 0.3 is 0 Å². The van der Waals surface area contributed by atoms with E-state index in [1.165, 1.54) is 11.1 Å². The lowest BCUT2D eigenvalue weighted by atomic mass is 9.98. The molecule has 3 N–H and O–H groups in total. The summed E-state index contributed by atoms with van der Waals surface area (Å²) in [6.07, 6.45) is 0.706. The number of nitrogens with one attached hydrogen (secondary N) is 1. The fourth-order valence-corrected chi connectivity index (χ4v) is 2.57. The van der Waals surface area contributed by atoms with Gasteiger partial charge in [0.2, 0.25) is 0 Å². The van der Waals surface area contributed by atoms with Crippen molar-refractivity contribution in [1.82, 2.24) is 15.2 Å². The molecule has 2 aromatic rings. The predicted molar refractivity (Wildman–Crippen MR) is 77.9 cm³/mol. The lowest BCUT2D eigenvalue weighted by molar-refractivity contribution is 0.528. The van der Waals surface area contributed by atoms with E-state index < -0.39 is 0 Å². The maximum absolute atomic E-state index is 6.29. The summed E-state index contributed by atoms with van der Waals surface area (Å²) >= 11 is 6.29. The first-order valence-electron chi connectivity index (χ1n) is 6.24. The van der Waals surface area contributed by atoms with E-state index in [0.29, 0.717) is 6.42 Å². The molecule has 4 nitrogen and oxygen atoms in total. The average Bonchev–Trinajstić information content (AvgIpc) is 2.63. The molecule has 0 radical (unpaired) electrons. The summed E-state index contributed by atoms with van der Waals surface area (Å²) in [7, 11) is 1.90. The molecule has 0 aliphatic heterocycles. The molecule has 2 rings (SSSR count). The van der Waals surface area contributed by atoms with Crippen LogP contribution in [-0.2, 0) is 13.5 Å². The summed E-state index contributed by atoms with van der Waals surface area (Å²) in [5, 5.41) is 5.05. The predicted octanol–water partition coefficient (Wildman–Crippen LogP) is 2.44. The van der Waals surface area contributed by atoms with Gasteiger partial charge in [-0.05, 0) is 25.0 Å². The van der Waals surface area contributed by atoms with Crippen LogP contribution < -0.4 is 11.3 Å². The van der Waals surface area contributed by atoms with Crippen LogP contribution >= 0.6 is 11.6 Å². The number of hydrazine groups is 1. The third-order valence-electron chi connectivity index (χ3n) is 3.42. The minimum atomic E-state index is 0.0218. The number of hydrogen-bond donors (Lipinski definition) is 2. The van der Waals surface area contributed by atoms with Gasteiger partial charge in [-0.3, -0.25) is 16.0 Å². The second kappa shape index (κ2) is 5.74. The minimum absolute atomic E-state index is 0.0218. The van der Waals surface area contributed by atoms with Crippen molar-refractivity contribution in [3.8, 4) is 0 Å². The summed E-state index contributed by atoms with van der Waals surface area (Å²) in [4.78, 5) is 0. The van der Waals surface area contributed by atoms with E-state index in [4.69, 9.17) is 17.4 Å². The van der Waals surface area contributed by atoms with E-state index >= 15 is 0 Å². The van der Waals surface area contributed by atoms with Gasteiger partial charge in [0.05, 0.1) is 22.5 Å². The Morgan fingerprint density at radius 2 is 2.05 bits per heavy atom. The number of benzene rings is 1. The van der Waals surface area contributed by atoms with Gasteiger partial charge in [0, 0.05) is 13.5 Å². The number of aryl methyl sites for hydroxylation is 3. The molecule has 0 amide bonds. The van der Waals surface area contributed by atoms with Crippen LogP contribution in [0.3, 0.4) is 0 Å². The Morgan fingerprint density at radius 1 is 1.37 bits per heavy atom. The summed E-state index contributed by atoms with van der Waals surface area (Å²) in [5.74, 6) is 5.71. The highest BCUT2D eigenvalue weighted by molar-refractivity contribution is 6.31. The number of halogens is 1. The quantitative estimate of drug-likeness (QED) is 0.667. The Balaban J connectivity index is 2.32. The second-order valence-electron chi connectivity index (χ2n) is 4.75. The van der Waals surface area contributed by atoms with E-state index in [1.54, 1.807) is 0 Å². The molecule has 0 saturated heterocycles. The highest BCUT2D eigenvalue weighted by Crippen LogP contribution is 2.26. The summed E-state index contributed by atoms with van der Waals surface area (Å²) < 4.78 is 1.82. The monoisotopic (exact) mass is 278 g/mol. The van der Waals surface area contributed by atoms with Crippen molar-refractivity contribution in [2.24, 2.45) is 12.9 Å². The van der Waals surface area contributed by atoms with Crippen molar-refractivity contribution in [3.05, 3.63) is 51.8 Å². The summed E-state index contributed by atoms with van der Waals surface area (Å²) in [6, 6.07) is 8.22. The van der Waals surface area contributed by atoms with Gasteiger partial charge < -0.3 is 0 Å². The first kappa shape index (κ1) is 14.1. The first-order valence-corrected chi connectivity index (χ1v) is 6.62. The summed E-state index contributed by atoms with van der Waals surface area (Å²) in [5.41, 5.74) is 7.10. The van der Waals surface area contributed by atoms with Crippen LogP contribution in [0.5, 0.6) is 0 Å². The molecule has 1 heterocycles. The molecule has 5 heteroatoms. The highest BCUT2D eigenvalue weighted by atomic mass is 35.5. The van der Waals surface area contributed by atoms with Crippen molar-refractivity contribution >= 4 is 11.6 Å². The molecule has 0 aliphatic carbocycles. The van der Waals surface area contributed by atoms with Crippen molar-refractivity contribution in [2.75, 3.05) is 0 Å². The van der Waals surface area contributed by atoms with Gasteiger partial charge in [-0.15, -0.1) is 0 Å². The Labute approximate surface area is 118 Å². The van der Waals surface area contributed by atoms with Gasteiger partial charge in [0.15, 0.2) is 0 Å². The smallest absolute Gasteiger partial charge is 0.0847 e. The molecule has 0 aliphatic rings. The number of nitrogens with zero attached hydrogens (tertiary/aromatic N) is 2. The fourth-order valence-electron chi connectivity index (χ4n) is 2.33. The number of hydrogen-bond acceptors (Lipinski definition) is 3. The van der Waals surface area contributed by atoms with E-state index in [9.17, 15) is 0 Å². The largest absolute Gasteiger partial charge is 0.271 e. The van der Waals surface area contributed by atoms with Gasteiger partial charge in [-0.2, -0.15) is 5.10 Å². The Bertz CT molecular complexity index is 577. The maximum Gasteiger partial charge on any atom is 0.0847 e. The van der Waals surface area contributed by atoms with Crippen molar-refractivity contribution in [1.29, 1.82) is 0 Å². The number of rotatable bonds is 4. The Kier molecular flexibility index (Phi) is 4.24. The lowest BCUT2D eigenvalue weighted by Crippen LogP contribution is -2.30. The van der Waals surface area contributed by atoms with Gasteiger partial charge in [0.1, 0.15) is 0 Å². The zero-order valence-electron chi connectivity index (χ0n) is 11.4. The summed E-state index contributed by atoms with van der Waals surface area (Å²) in [6.45, 7) is 3.99. The molecule has 19 heavy (non-hydrogen) atoms. The molecular formula is C14H19ClN4. The molecule has 1 aromatic carbocycles. The highest BCUT2D eigenvalue weighted by Gasteiger charge is 2.18. The van der Waals surface area contributed by atoms with E-state index in [0.717, 1.165) is 16.4 Å². The Morgan fingerprint density at radius 3 is 2.58 bits per heavy atom. The van der Waals surface area contributed by atoms with E-state index in [1.807, 2.05) is 30.8 Å². The normalized spacial score (nSPS) is 12.7. The van der Waals surface area contributed by atoms with E-state index in [-0.39, 0.29) is 6.04 Å². The standard InChI is InChI=1S/C14H19ClN4/c1-9-6-4-5-7-11(9)12(17-16)8-13-14(15)10(2)18-19(13)3/h4-7,12,17H,8,16H2,1-3H3. The van der Waals surface area contributed by atoms with Gasteiger partial charge in [0.25, 0.3) is 0 Å². The topological polar surface area (TPSA) is 55.9 Å². The maximum atomic E-state index is 6.29. The minimum Gasteiger partial charge on any atom is -0.271 e. The van der Waals surface area contributed by atoms with Gasteiger partial charge in [-0.1, -0.05) is 35.9 Å². The van der Waals surface area contributed by atoms with Crippen molar-refractivity contribution in [3.63, 3.8) is 0 Å². The Hall–Kier alpha value is -1.36. The molecule has 0 spiro atoms. The first-order chi connectivity index (χ1) is 9.04. The lowest BCUT2D eigenvalue weighted by Gasteiger charge is -2.18. The zero-order chi connectivity index (χ0) is 14.0. The van der Waals surface area contributed by atoms with Crippen LogP contribution in [-0.4, -0.2) is 9.78 Å². The fraction of sp³-hybridized carbons (Fsp3) is 0.357. The molecule has 0 bridgehead atoms. The van der Waals surface area contributed by atoms with Crippen LogP contribution in [0.15, 0.2) is 24.3 Å². The molecule has 102 valence electrons. The van der Waals surface area contributed by atoms with Crippen molar-refractivity contribution < 1.29 is 0 Å². The third kappa shape index (κ3) is 2.81. The van der Waals surface area contributed by atoms with Crippen LogP contribution in [0.1, 0.15) is 28.6 Å². The second-order valence-corrected chi connectivity index (χ2v) is 5.13.